The third kappa shape index (κ3) is 13.3. The molecule has 6 aromatic rings. The Morgan fingerprint density at radius 3 is 0.675 bits per heavy atom. The Hall–Kier alpha value is -3.09. The van der Waals surface area contributed by atoms with Gasteiger partial charge in [0.15, 0.2) is 36.3 Å². The second-order valence-corrected chi connectivity index (χ2v) is 11.9. The van der Waals surface area contributed by atoms with Gasteiger partial charge in [-0.15, -0.1) is 0 Å². The number of benzene rings is 4. The molecule has 0 amide bonds. The van der Waals surface area contributed by atoms with Gasteiger partial charge in [-0.05, 0) is 48.5 Å². The van der Waals surface area contributed by atoms with Gasteiger partial charge in [0, 0.05) is 33.0 Å². The normalized spacial score (nSPS) is 8.80. The first-order valence-electron chi connectivity index (χ1n) is 12.5. The van der Waals surface area contributed by atoms with Crippen LogP contribution >= 0.6 is 15.1 Å². The van der Waals surface area contributed by atoms with E-state index in [1.54, 1.807) is 0 Å². The molecule has 0 fully saturated rings. The Morgan fingerprint density at radius 1 is 0.325 bits per heavy atom. The maximum absolute atomic E-state index is 4.24. The van der Waals surface area contributed by atoms with Crippen molar-refractivity contribution < 1.29 is 33.0 Å². The monoisotopic (exact) mass is 644 g/mol. The summed E-state index contributed by atoms with van der Waals surface area (Å²) in [7, 11) is -0.842. The zero-order chi connectivity index (χ0) is 26.7. The first-order chi connectivity index (χ1) is 18.8. The molecule has 0 saturated carbocycles. The van der Waals surface area contributed by atoms with Crippen LogP contribution in [0, 0.1) is 0 Å². The van der Waals surface area contributed by atoms with Gasteiger partial charge in [-0.2, -0.15) is 36.4 Å². The summed E-state index contributed by atoms with van der Waals surface area (Å²) in [6, 6.07) is 61.9. The van der Waals surface area contributed by atoms with Crippen molar-refractivity contribution in [1.29, 1.82) is 0 Å². The molecule has 0 radical (unpaired) electrons. The van der Waals surface area contributed by atoms with E-state index in [0.29, 0.717) is 0 Å². The maximum atomic E-state index is 4.24. The summed E-state index contributed by atoms with van der Waals surface area (Å²) < 4.78 is 0. The van der Waals surface area contributed by atoms with Crippen LogP contribution in [0.4, 0.5) is 0 Å². The van der Waals surface area contributed by atoms with Gasteiger partial charge in [0.2, 0.25) is 0 Å². The minimum absolute atomic E-state index is 0. The van der Waals surface area contributed by atoms with Crippen LogP contribution in [0.1, 0.15) is 0 Å². The van der Waals surface area contributed by atoms with Crippen molar-refractivity contribution in [3.05, 3.63) is 182 Å². The molecule has 0 saturated heterocycles. The molecule has 0 aliphatic rings. The molecule has 0 aliphatic carbocycles. The fourth-order valence-corrected chi connectivity index (χ4v) is 6.10. The summed E-state index contributed by atoms with van der Waals surface area (Å²) in [6.07, 6.45) is 8.49. The van der Waals surface area contributed by atoms with Gasteiger partial charge < -0.3 is 0 Å². The average molecular weight is 646 g/mol. The van der Waals surface area contributed by atoms with Crippen molar-refractivity contribution in [3.8, 4) is 0 Å². The summed E-state index contributed by atoms with van der Waals surface area (Å²) in [5, 5.41) is 5.31. The van der Waals surface area contributed by atoms with Crippen molar-refractivity contribution in [2.24, 2.45) is 0 Å². The van der Waals surface area contributed by atoms with Gasteiger partial charge in [0.05, 0.1) is 12.6 Å². The van der Waals surface area contributed by atoms with Crippen LogP contribution in [0.5, 0.6) is 0 Å². The smallest absolute Gasteiger partial charge is 0.162 e. The molecule has 0 aliphatic heterocycles. The third-order valence-corrected chi connectivity index (χ3v) is 9.07. The second kappa shape index (κ2) is 21.7. The fraction of sp³-hybridized carbons (Fsp3) is 0. The number of rotatable bonds is 4. The molecule has 0 nitrogen and oxygen atoms in total. The SMILES string of the molecule is C=[P+](c1ccccc1)c1ccccc1.C=[P+](c1ccccc1)c1ccccc1.[Ni].[Ni].c1cc[cH-]c1.c1cc[cH-]c1. The zero-order valence-corrected chi connectivity index (χ0v) is 26.0. The minimum atomic E-state index is -0.421. The van der Waals surface area contributed by atoms with E-state index in [-0.39, 0.29) is 33.0 Å². The Balaban J connectivity index is 0.000000288. The quantitative estimate of drug-likeness (QED) is 0.104. The standard InChI is InChI=1S/2C13H12P.2C5H5.2Ni/c2*1-14(12-8-4-2-5-9-12)13-10-6-3-7-11-13;2*1-2-4-5-3-1;;/h2*2-11H,1H2;2*1-5H;;/q2*+1;2*-1;;. The summed E-state index contributed by atoms with van der Waals surface area (Å²) in [5.74, 6) is 0. The van der Waals surface area contributed by atoms with E-state index in [9.17, 15) is 0 Å². The number of hydrogen-bond acceptors (Lipinski definition) is 0. The Bertz CT molecular complexity index is 1170. The van der Waals surface area contributed by atoms with Crippen LogP contribution in [0.3, 0.4) is 0 Å². The molecular formula is C36H34Ni2P2. The second-order valence-electron chi connectivity index (χ2n) is 8.12. The van der Waals surface area contributed by atoms with Gasteiger partial charge in [-0.3, -0.25) is 0 Å². The molecule has 0 N–H and O–H groups in total. The van der Waals surface area contributed by atoms with E-state index in [2.05, 4.69) is 110 Å². The first kappa shape index (κ1) is 34.9. The van der Waals surface area contributed by atoms with E-state index in [1.165, 1.54) is 21.2 Å². The predicted molar refractivity (Wildman–Crippen MR) is 176 cm³/mol. The molecular weight excluding hydrogens is 612 g/mol. The Labute approximate surface area is 262 Å². The summed E-state index contributed by atoms with van der Waals surface area (Å²) in [6.45, 7) is 0. The molecule has 0 unspecified atom stereocenters. The van der Waals surface area contributed by atoms with Crippen molar-refractivity contribution in [1.82, 2.24) is 0 Å². The van der Waals surface area contributed by atoms with Crippen LogP contribution < -0.4 is 21.2 Å². The van der Waals surface area contributed by atoms with Crippen LogP contribution in [-0.2, 0) is 33.0 Å². The van der Waals surface area contributed by atoms with E-state index < -0.39 is 15.1 Å². The van der Waals surface area contributed by atoms with Crippen LogP contribution in [0.25, 0.3) is 0 Å². The minimum Gasteiger partial charge on any atom is -0.214 e. The average Bonchev–Trinajstić information content (AvgIpc) is 3.79. The van der Waals surface area contributed by atoms with E-state index in [1.807, 2.05) is 84.9 Å². The van der Waals surface area contributed by atoms with E-state index in [0.717, 1.165) is 0 Å². The zero-order valence-electron chi connectivity index (χ0n) is 22.3. The molecule has 0 heterocycles. The summed E-state index contributed by atoms with van der Waals surface area (Å²) in [4.78, 5) is 0. The van der Waals surface area contributed by atoms with Gasteiger partial charge in [0.1, 0.15) is 0 Å². The molecule has 0 spiro atoms. The van der Waals surface area contributed by atoms with Crippen molar-refractivity contribution >= 4 is 48.9 Å². The molecule has 40 heavy (non-hydrogen) atoms. The van der Waals surface area contributed by atoms with Gasteiger partial charge in [-0.1, -0.05) is 72.8 Å². The summed E-state index contributed by atoms with van der Waals surface area (Å²) in [5.41, 5.74) is 0. The van der Waals surface area contributed by atoms with Crippen LogP contribution in [0.15, 0.2) is 182 Å². The molecule has 6 rings (SSSR count). The Morgan fingerprint density at radius 2 is 0.525 bits per heavy atom. The molecule has 208 valence electrons. The van der Waals surface area contributed by atoms with Crippen molar-refractivity contribution in [3.63, 3.8) is 0 Å². The topological polar surface area (TPSA) is 0 Å². The molecule has 6 aromatic carbocycles. The van der Waals surface area contributed by atoms with Crippen LogP contribution in [0.2, 0.25) is 0 Å². The largest absolute Gasteiger partial charge is 0.214 e. The fourth-order valence-electron chi connectivity index (χ4n) is 3.37. The van der Waals surface area contributed by atoms with Crippen LogP contribution in [-0.4, -0.2) is 12.6 Å². The van der Waals surface area contributed by atoms with E-state index >= 15 is 0 Å². The predicted octanol–water partition coefficient (Wildman–Crippen LogP) is 7.91. The molecule has 4 heteroatoms. The number of hydrogen-bond donors (Lipinski definition) is 0. The third-order valence-electron chi connectivity index (χ3n) is 5.38. The maximum Gasteiger partial charge on any atom is 0.162 e. The van der Waals surface area contributed by atoms with Crippen molar-refractivity contribution in [2.75, 3.05) is 0 Å². The molecule has 0 aromatic heterocycles. The van der Waals surface area contributed by atoms with E-state index in [4.69, 9.17) is 0 Å². The van der Waals surface area contributed by atoms with Gasteiger partial charge in [-0.25, -0.2) is 24.3 Å². The molecule has 0 bridgehead atoms. The summed E-state index contributed by atoms with van der Waals surface area (Å²) >= 11 is 0. The van der Waals surface area contributed by atoms with Gasteiger partial charge >= 0.3 is 0 Å². The Kier molecular flexibility index (Phi) is 18.9. The first-order valence-corrected chi connectivity index (χ1v) is 15.6. The van der Waals surface area contributed by atoms with Crippen molar-refractivity contribution in [2.45, 2.75) is 0 Å². The van der Waals surface area contributed by atoms with Gasteiger partial charge in [0.25, 0.3) is 0 Å². The molecule has 0 atom stereocenters.